The molecule has 4 unspecified atom stereocenters. The van der Waals surface area contributed by atoms with Gasteiger partial charge in [0.25, 0.3) is 0 Å². The summed E-state index contributed by atoms with van der Waals surface area (Å²) in [4.78, 5) is 32.5. The average molecular weight is 1280 g/mol. The molecule has 22 heteroatoms. The van der Waals surface area contributed by atoms with Crippen LogP contribution >= 0.6 is 69.6 Å². The van der Waals surface area contributed by atoms with Gasteiger partial charge < -0.3 is 24.0 Å². The van der Waals surface area contributed by atoms with Gasteiger partial charge in [-0.3, -0.25) is 9.36 Å². The molecule has 86 heavy (non-hydrogen) atoms. The normalized spacial score (nSPS) is 16.9. The average Bonchev–Trinajstić information content (AvgIpc) is 1.70. The Balaban J connectivity index is 0.000000330. The van der Waals surface area contributed by atoms with Crippen LogP contribution in [0.4, 0.5) is 0 Å². The van der Waals surface area contributed by atoms with Gasteiger partial charge in [-0.2, -0.15) is 29.4 Å². The molecule has 4 heterocycles. The van der Waals surface area contributed by atoms with Crippen molar-refractivity contribution in [1.29, 1.82) is 0 Å². The first-order valence-corrected chi connectivity index (χ1v) is 29.0. The summed E-state index contributed by atoms with van der Waals surface area (Å²) < 4.78 is 27.9. The van der Waals surface area contributed by atoms with Crippen molar-refractivity contribution in [2.75, 3.05) is 0 Å². The molecule has 1 N–H and O–H groups in total. The van der Waals surface area contributed by atoms with Crippen molar-refractivity contribution in [3.05, 3.63) is 196 Å². The van der Waals surface area contributed by atoms with Gasteiger partial charge >= 0.3 is 31.2 Å². The minimum Gasteiger partial charge on any atom is -0.870 e. The molecule has 0 bridgehead atoms. The maximum atomic E-state index is 8.12. The quantitative estimate of drug-likeness (QED) is 0.0931. The van der Waals surface area contributed by atoms with Gasteiger partial charge in [-0.15, -0.1) is 0 Å². The number of benzene rings is 6. The largest absolute Gasteiger partial charge is 1.00 e. The van der Waals surface area contributed by atoms with Crippen LogP contribution < -0.4 is 28.3 Å². The first-order valence-electron chi connectivity index (χ1n) is 26.7. The molecule has 4 saturated carbocycles. The van der Waals surface area contributed by atoms with Crippen LogP contribution in [-0.4, -0.2) is 47.7 Å². The van der Waals surface area contributed by atoms with Crippen LogP contribution in [0.3, 0.4) is 0 Å². The van der Waals surface area contributed by atoms with Crippen molar-refractivity contribution in [2.24, 2.45) is 14.1 Å². The van der Waals surface area contributed by atoms with E-state index in [1.807, 2.05) is 73.0 Å². The number of carbonyl (C=O) groups excluding carboxylic acids is 4. The van der Waals surface area contributed by atoms with Crippen molar-refractivity contribution in [1.82, 2.24) is 29.9 Å². The second kappa shape index (κ2) is 28.0. The zero-order chi connectivity index (χ0) is 58.2. The summed E-state index contributed by atoms with van der Waals surface area (Å²) in [5.41, 5.74) is 12.7. The van der Waals surface area contributed by atoms with E-state index in [1.165, 1.54) is 22.0 Å². The molecule has 0 saturated heterocycles. The number of hydrogen-bond acceptors (Lipinski definition) is 13. The molecule has 0 spiro atoms. The molecule has 4 aliphatic rings. The molecule has 0 radical (unpaired) electrons. The Morgan fingerprint density at radius 2 is 1.00 bits per heavy atom. The number of fused-ring (bicyclic) bond motifs is 2. The molecule has 6 aromatic carbocycles. The number of ether oxygens (including phenoxy) is 2. The van der Waals surface area contributed by atoms with Crippen LogP contribution in [0.5, 0.6) is 11.5 Å². The second-order valence-electron chi connectivity index (χ2n) is 21.1. The van der Waals surface area contributed by atoms with E-state index in [0.29, 0.717) is 96.2 Å². The fraction of sp³-hybridized carbons (Fsp3) is 0.281. The summed E-state index contributed by atoms with van der Waals surface area (Å²) >= 11 is 39.6. The Morgan fingerprint density at radius 3 is 1.43 bits per heavy atom. The summed E-state index contributed by atoms with van der Waals surface area (Å²) in [5.74, 6) is 5.53. The maximum absolute atomic E-state index is 8.12. The number of halogens is 6. The molecule has 446 valence electrons. The molecule has 4 fully saturated rings. The Morgan fingerprint density at radius 1 is 0.570 bits per heavy atom. The molecule has 14 rings (SSSR count). The number of aromatic nitrogens is 6. The number of hydrogen-bond donors (Lipinski definition) is 0. The molecular formula is C64H63Cl6LiN6O9. The van der Waals surface area contributed by atoms with Gasteiger partial charge in [0.15, 0.2) is 0 Å². The van der Waals surface area contributed by atoms with Crippen molar-refractivity contribution in [2.45, 2.75) is 102 Å². The minimum atomic E-state index is 0. The molecule has 4 aromatic heterocycles. The van der Waals surface area contributed by atoms with Crippen LogP contribution in [0.15, 0.2) is 124 Å². The molecule has 0 amide bonds. The van der Waals surface area contributed by atoms with Crippen LogP contribution in [0.2, 0.25) is 30.1 Å². The van der Waals surface area contributed by atoms with E-state index in [-0.39, 0.29) is 56.4 Å². The summed E-state index contributed by atoms with van der Waals surface area (Å²) in [6, 6.07) is 36.1. The van der Waals surface area contributed by atoms with Gasteiger partial charge in [-0.05, 0) is 152 Å². The van der Waals surface area contributed by atoms with Crippen molar-refractivity contribution in [3.63, 3.8) is 0 Å². The van der Waals surface area contributed by atoms with E-state index >= 15 is 0 Å². The molecular weight excluding hydrogens is 1220 g/mol. The van der Waals surface area contributed by atoms with Crippen molar-refractivity contribution in [3.8, 4) is 34.0 Å². The van der Waals surface area contributed by atoms with Crippen LogP contribution in [0, 0.1) is 6.92 Å². The third-order valence-corrected chi connectivity index (χ3v) is 17.6. The van der Waals surface area contributed by atoms with Crippen molar-refractivity contribution < 1.29 is 67.7 Å². The Bertz CT molecular complexity index is 4130. The topological polar surface area (TPSA) is 204 Å². The first kappa shape index (κ1) is 65.3. The molecule has 10 aromatic rings. The van der Waals surface area contributed by atoms with E-state index in [4.69, 9.17) is 107 Å². The van der Waals surface area contributed by atoms with Crippen LogP contribution in [0.25, 0.3) is 44.3 Å². The second-order valence-corrected chi connectivity index (χ2v) is 23.5. The van der Waals surface area contributed by atoms with E-state index in [1.54, 1.807) is 24.3 Å². The van der Waals surface area contributed by atoms with Gasteiger partial charge in [0.2, 0.25) is 0 Å². The van der Waals surface area contributed by atoms with Gasteiger partial charge in [-0.25, -0.2) is 0 Å². The SMILES string of the molecule is C.Cc1nn(C)c2cc(C3CC3c3ccc(OCc4c(-c5c(Cl)cccc5Cl)noc4C4CC4)cc3Cl)ccc12.Cn1ncc2ccc(C3CC3c3ccc(OCc4c(-c5c(Cl)cccc5Cl)noc4C4CC4)cc3Cl)cc21.O=C=O.O=C=O.[HH].[HH].[HH].[HH].[Li+].[OH-]. The smallest absolute Gasteiger partial charge is 0.870 e. The van der Waals surface area contributed by atoms with E-state index in [9.17, 15) is 0 Å². The predicted molar refractivity (Wildman–Crippen MR) is 333 cm³/mol. The Labute approximate surface area is 543 Å². The van der Waals surface area contributed by atoms with Gasteiger partial charge in [-0.1, -0.05) is 136 Å². The van der Waals surface area contributed by atoms with E-state index in [0.717, 1.165) is 98.9 Å². The van der Waals surface area contributed by atoms with Gasteiger partial charge in [0, 0.05) is 63.6 Å². The van der Waals surface area contributed by atoms with E-state index < -0.39 is 0 Å². The van der Waals surface area contributed by atoms with Gasteiger partial charge in [0.05, 0.1) is 54.1 Å². The maximum Gasteiger partial charge on any atom is 1.00 e. The van der Waals surface area contributed by atoms with Crippen LogP contribution in [0.1, 0.15) is 138 Å². The van der Waals surface area contributed by atoms with Crippen LogP contribution in [-0.2, 0) is 46.5 Å². The zero-order valence-corrected chi connectivity index (χ0v) is 50.8. The third-order valence-electron chi connectivity index (χ3n) is 15.7. The summed E-state index contributed by atoms with van der Waals surface area (Å²) in [6.45, 7) is 2.63. The third kappa shape index (κ3) is 13.9. The fourth-order valence-electron chi connectivity index (χ4n) is 11.1. The minimum absolute atomic E-state index is 0. The van der Waals surface area contributed by atoms with E-state index in [2.05, 4.69) is 69.0 Å². The van der Waals surface area contributed by atoms with Crippen molar-refractivity contribution >= 4 is 104 Å². The standard InChI is InChI=1S/C31H26Cl3N3O2.C30H24Cl3N3O2.2CO2.CH4.Li.H2O.4H2/c1-16-20-10-8-18(12-28(20)37(2)35-16)22-14-23(22)21-11-9-19(13-27(21)34)38-15-24-30(36-39-31(24)17-6-7-17)29-25(32)4-3-5-26(29)33;1-36-27-11-17(7-8-18(27)14-34-36)21-13-22(21)20-10-9-19(12-26(20)33)37-15-23-29(35-38-30(23)16-5-6-16)28-24(31)3-2-4-25(28)32;2*2-1-3;;;;;;;/h3-5,8-13,17,22-23H,6-7,14-15H2,1-2H3;2-4,7-12,14,16,21-22H,5-6,13,15H2,1H3;;;1H4;;1H2;4*1H/q;;;;;+1;;;;;/p-1. The summed E-state index contributed by atoms with van der Waals surface area (Å²) in [5, 5.41) is 23.5. The predicted octanol–water partition coefficient (Wildman–Crippen LogP) is 15.4. The molecule has 4 atom stereocenters. The summed E-state index contributed by atoms with van der Waals surface area (Å²) in [6.07, 6.45) is 8.87. The molecule has 0 aliphatic heterocycles. The first-order chi connectivity index (χ1) is 40.2. The monoisotopic (exact) mass is 1280 g/mol. The Kier molecular flexibility index (Phi) is 21.3. The number of nitrogens with zero attached hydrogens (tertiary/aromatic N) is 6. The van der Waals surface area contributed by atoms with Gasteiger partial charge in [0.1, 0.15) is 47.6 Å². The number of aryl methyl sites for hydroxylation is 3. The molecule has 4 aliphatic carbocycles. The molecule has 15 nitrogen and oxygen atoms in total. The fourth-order valence-corrected chi connectivity index (χ4v) is 12.9. The zero-order valence-electron chi connectivity index (χ0n) is 46.3. The summed E-state index contributed by atoms with van der Waals surface area (Å²) in [7, 11) is 3.98. The number of rotatable bonds is 14. The Hall–Kier alpha value is -6.66.